The van der Waals surface area contributed by atoms with E-state index in [0.29, 0.717) is 24.1 Å². The number of benzene rings is 2. The maximum atomic E-state index is 12.5. The number of hydrogen-bond donors (Lipinski definition) is 1. The summed E-state index contributed by atoms with van der Waals surface area (Å²) in [6, 6.07) is 15.1. The van der Waals surface area contributed by atoms with Crippen molar-refractivity contribution in [2.45, 2.75) is 6.42 Å². The SMILES string of the molecule is CN1C(=O)/C(=C\c2ccccc2)c2cc(C(=O)CCN)ccc21.Cl. The molecule has 0 atom stereocenters. The van der Waals surface area contributed by atoms with E-state index in [9.17, 15) is 9.59 Å². The largest absolute Gasteiger partial charge is 0.330 e. The highest BCUT2D eigenvalue weighted by molar-refractivity contribution is 6.35. The summed E-state index contributed by atoms with van der Waals surface area (Å²) in [5.41, 5.74) is 9.23. The second-order valence-electron chi connectivity index (χ2n) is 5.53. The number of rotatable bonds is 4. The number of nitrogens with two attached hydrogens (primary N) is 1. The lowest BCUT2D eigenvalue weighted by atomic mass is 9.99. The lowest BCUT2D eigenvalue weighted by molar-refractivity contribution is -0.112. The Morgan fingerprint density at radius 3 is 2.54 bits per heavy atom. The van der Waals surface area contributed by atoms with Crippen LogP contribution >= 0.6 is 12.4 Å². The number of halogens is 1. The molecular formula is C19H19ClN2O2. The molecule has 1 aliphatic rings. The van der Waals surface area contributed by atoms with E-state index in [0.717, 1.165) is 16.8 Å². The summed E-state index contributed by atoms with van der Waals surface area (Å²) in [7, 11) is 1.74. The number of amides is 1. The summed E-state index contributed by atoms with van der Waals surface area (Å²) < 4.78 is 0. The van der Waals surface area contributed by atoms with Gasteiger partial charge in [-0.1, -0.05) is 30.3 Å². The van der Waals surface area contributed by atoms with Crippen molar-refractivity contribution in [1.29, 1.82) is 0 Å². The highest BCUT2D eigenvalue weighted by Crippen LogP contribution is 2.37. The van der Waals surface area contributed by atoms with Crippen molar-refractivity contribution in [3.05, 3.63) is 65.2 Å². The minimum Gasteiger partial charge on any atom is -0.330 e. The second kappa shape index (κ2) is 7.43. The fourth-order valence-electron chi connectivity index (χ4n) is 2.75. The minimum absolute atomic E-state index is 0. The second-order valence-corrected chi connectivity index (χ2v) is 5.53. The molecule has 0 radical (unpaired) electrons. The van der Waals surface area contributed by atoms with Crippen molar-refractivity contribution in [3.8, 4) is 0 Å². The molecule has 2 N–H and O–H groups in total. The van der Waals surface area contributed by atoms with Crippen LogP contribution in [-0.2, 0) is 4.79 Å². The van der Waals surface area contributed by atoms with E-state index in [-0.39, 0.29) is 24.1 Å². The van der Waals surface area contributed by atoms with Gasteiger partial charge in [-0.2, -0.15) is 0 Å². The van der Waals surface area contributed by atoms with E-state index in [1.165, 1.54) is 0 Å². The number of ketones is 1. The van der Waals surface area contributed by atoms with Gasteiger partial charge in [0, 0.05) is 30.2 Å². The summed E-state index contributed by atoms with van der Waals surface area (Å²) in [5, 5.41) is 0. The zero-order valence-electron chi connectivity index (χ0n) is 13.4. The van der Waals surface area contributed by atoms with Crippen LogP contribution in [0.4, 0.5) is 5.69 Å². The monoisotopic (exact) mass is 342 g/mol. The van der Waals surface area contributed by atoms with Crippen LogP contribution in [0.25, 0.3) is 11.6 Å². The number of Topliss-reactive ketones (excluding diaryl/α,β-unsaturated/α-hetero) is 1. The average Bonchev–Trinajstić information content (AvgIpc) is 2.81. The molecule has 24 heavy (non-hydrogen) atoms. The summed E-state index contributed by atoms with van der Waals surface area (Å²) >= 11 is 0. The molecule has 124 valence electrons. The van der Waals surface area contributed by atoms with E-state index in [1.54, 1.807) is 24.1 Å². The van der Waals surface area contributed by atoms with Gasteiger partial charge in [0.05, 0.1) is 5.69 Å². The molecule has 0 saturated heterocycles. The van der Waals surface area contributed by atoms with Crippen molar-refractivity contribution in [1.82, 2.24) is 0 Å². The van der Waals surface area contributed by atoms with Crippen LogP contribution in [0, 0.1) is 0 Å². The van der Waals surface area contributed by atoms with Gasteiger partial charge in [0.2, 0.25) is 0 Å². The lowest BCUT2D eigenvalue weighted by Gasteiger charge is -2.09. The first-order chi connectivity index (χ1) is 11.1. The average molecular weight is 343 g/mol. The lowest BCUT2D eigenvalue weighted by Crippen LogP contribution is -2.20. The third kappa shape index (κ3) is 3.25. The van der Waals surface area contributed by atoms with Crippen molar-refractivity contribution in [2.24, 2.45) is 5.73 Å². The van der Waals surface area contributed by atoms with Gasteiger partial charge in [0.15, 0.2) is 5.78 Å². The fourth-order valence-corrected chi connectivity index (χ4v) is 2.75. The van der Waals surface area contributed by atoms with Crippen molar-refractivity contribution in [3.63, 3.8) is 0 Å². The molecule has 1 heterocycles. The van der Waals surface area contributed by atoms with Crippen LogP contribution in [0.2, 0.25) is 0 Å². The van der Waals surface area contributed by atoms with E-state index >= 15 is 0 Å². The van der Waals surface area contributed by atoms with Gasteiger partial charge in [0.25, 0.3) is 5.91 Å². The van der Waals surface area contributed by atoms with Crippen molar-refractivity contribution >= 4 is 41.4 Å². The Morgan fingerprint density at radius 2 is 1.88 bits per heavy atom. The number of hydrogen-bond acceptors (Lipinski definition) is 3. The number of nitrogens with zero attached hydrogens (tertiary/aromatic N) is 1. The van der Waals surface area contributed by atoms with E-state index in [2.05, 4.69) is 0 Å². The molecule has 0 aliphatic carbocycles. The molecule has 0 saturated carbocycles. The summed E-state index contributed by atoms with van der Waals surface area (Å²) in [6.45, 7) is 0.321. The first-order valence-electron chi connectivity index (χ1n) is 7.54. The molecule has 2 aromatic carbocycles. The quantitative estimate of drug-likeness (QED) is 0.685. The Labute approximate surface area is 147 Å². The zero-order valence-corrected chi connectivity index (χ0v) is 14.2. The first-order valence-corrected chi connectivity index (χ1v) is 7.54. The van der Waals surface area contributed by atoms with Gasteiger partial charge >= 0.3 is 0 Å². The molecule has 2 aromatic rings. The smallest absolute Gasteiger partial charge is 0.258 e. The molecule has 0 spiro atoms. The topological polar surface area (TPSA) is 63.4 Å². The molecule has 5 heteroatoms. The van der Waals surface area contributed by atoms with E-state index in [1.807, 2.05) is 42.5 Å². The third-order valence-electron chi connectivity index (χ3n) is 3.99. The van der Waals surface area contributed by atoms with Gasteiger partial charge in [0.1, 0.15) is 0 Å². The van der Waals surface area contributed by atoms with Crippen LogP contribution in [-0.4, -0.2) is 25.3 Å². The zero-order chi connectivity index (χ0) is 16.4. The van der Waals surface area contributed by atoms with Crippen LogP contribution in [0.5, 0.6) is 0 Å². The van der Waals surface area contributed by atoms with Gasteiger partial charge in [-0.3, -0.25) is 9.59 Å². The molecule has 0 fully saturated rings. The summed E-state index contributed by atoms with van der Waals surface area (Å²) in [6.07, 6.45) is 2.17. The minimum atomic E-state index is -0.0627. The highest BCUT2D eigenvalue weighted by Gasteiger charge is 2.30. The van der Waals surface area contributed by atoms with Gasteiger partial charge < -0.3 is 10.6 Å². The normalized spacial score (nSPS) is 14.5. The maximum absolute atomic E-state index is 12.5. The standard InChI is InChI=1S/C19H18N2O2.ClH/c1-21-17-8-7-14(18(22)9-10-20)12-15(17)16(19(21)23)11-13-5-3-2-4-6-13;/h2-8,11-12H,9-10,20H2,1H3;1H/b16-11-;. The van der Waals surface area contributed by atoms with Crippen LogP contribution < -0.4 is 10.6 Å². The summed E-state index contributed by atoms with van der Waals surface area (Å²) in [5.74, 6) is -0.0661. The van der Waals surface area contributed by atoms with Crippen LogP contribution in [0.1, 0.15) is 27.9 Å². The Kier molecular flexibility index (Phi) is 5.54. The Hall–Kier alpha value is -2.43. The number of anilines is 1. The van der Waals surface area contributed by atoms with E-state index < -0.39 is 0 Å². The van der Waals surface area contributed by atoms with Gasteiger partial charge in [-0.15, -0.1) is 12.4 Å². The molecule has 1 amide bonds. The van der Waals surface area contributed by atoms with Gasteiger partial charge in [-0.25, -0.2) is 0 Å². The predicted molar refractivity (Wildman–Crippen MR) is 99.4 cm³/mol. The van der Waals surface area contributed by atoms with E-state index in [4.69, 9.17) is 5.73 Å². The summed E-state index contributed by atoms with van der Waals surface area (Å²) in [4.78, 5) is 26.2. The number of likely N-dealkylation sites (N-methyl/N-ethyl adjacent to an activating group) is 1. The molecule has 4 nitrogen and oxygen atoms in total. The molecule has 0 aromatic heterocycles. The Morgan fingerprint density at radius 1 is 1.17 bits per heavy atom. The fraction of sp³-hybridized carbons (Fsp3) is 0.158. The first kappa shape index (κ1) is 17.9. The molecule has 0 bridgehead atoms. The number of carbonyl (C=O) groups is 2. The number of fused-ring (bicyclic) bond motifs is 1. The van der Waals surface area contributed by atoms with Crippen molar-refractivity contribution < 1.29 is 9.59 Å². The Balaban J connectivity index is 0.00000208. The van der Waals surface area contributed by atoms with Crippen LogP contribution in [0.3, 0.4) is 0 Å². The molecule has 1 aliphatic heterocycles. The third-order valence-corrected chi connectivity index (χ3v) is 3.99. The van der Waals surface area contributed by atoms with Gasteiger partial charge in [-0.05, 0) is 36.4 Å². The molecule has 0 unspecified atom stereocenters. The predicted octanol–water partition coefficient (Wildman–Crippen LogP) is 3.16. The maximum Gasteiger partial charge on any atom is 0.258 e. The van der Waals surface area contributed by atoms with Crippen molar-refractivity contribution in [2.75, 3.05) is 18.5 Å². The Bertz CT molecular complexity index is 800. The molecular weight excluding hydrogens is 324 g/mol. The van der Waals surface area contributed by atoms with Crippen LogP contribution in [0.15, 0.2) is 48.5 Å². The highest BCUT2D eigenvalue weighted by atomic mass is 35.5. The number of carbonyl (C=O) groups excluding carboxylic acids is 2. The molecule has 3 rings (SSSR count).